The van der Waals surface area contributed by atoms with Crippen molar-refractivity contribution in [3.8, 4) is 0 Å². The number of carbonyl (C=O) groups is 2. The number of piperidine rings is 1. The molecule has 2 amide bonds. The molecule has 2 fully saturated rings. The molecule has 3 aliphatic heterocycles. The number of nitrogens with one attached hydrogen (secondary N) is 2. The molecule has 42 heavy (non-hydrogen) atoms. The van der Waals surface area contributed by atoms with Gasteiger partial charge in [-0.1, -0.05) is 26.8 Å². The molecule has 2 atom stereocenters. The van der Waals surface area contributed by atoms with Gasteiger partial charge in [0.15, 0.2) is 5.03 Å². The van der Waals surface area contributed by atoms with Gasteiger partial charge in [0.2, 0.25) is 5.91 Å². The lowest BCUT2D eigenvalue weighted by molar-refractivity contribution is -0.130. The minimum absolute atomic E-state index is 0.0688. The average Bonchev–Trinajstić information content (AvgIpc) is 3.23. The van der Waals surface area contributed by atoms with E-state index in [4.69, 9.17) is 4.98 Å². The van der Waals surface area contributed by atoms with Crippen molar-refractivity contribution in [1.82, 2.24) is 19.6 Å². The number of hydrogen-bond acceptors (Lipinski definition) is 8. The number of sulfonamides is 1. The van der Waals surface area contributed by atoms with Crippen LogP contribution in [-0.4, -0.2) is 66.3 Å². The Morgan fingerprint density at radius 3 is 2.40 bits per heavy atom. The van der Waals surface area contributed by atoms with Crippen LogP contribution in [-0.2, 0) is 20.2 Å². The van der Waals surface area contributed by atoms with Crippen LogP contribution in [0.15, 0.2) is 35.4 Å². The van der Waals surface area contributed by atoms with Gasteiger partial charge in [-0.3, -0.25) is 9.59 Å². The summed E-state index contributed by atoms with van der Waals surface area (Å²) in [4.78, 5) is 39.1. The Kier molecular flexibility index (Phi) is 8.02. The van der Waals surface area contributed by atoms with Crippen LogP contribution in [0.3, 0.4) is 0 Å². The van der Waals surface area contributed by atoms with Gasteiger partial charge < -0.3 is 15.1 Å². The number of anilines is 2. The number of aromatic nitrogens is 2. The summed E-state index contributed by atoms with van der Waals surface area (Å²) < 4.78 is 29.1. The predicted molar refractivity (Wildman–Crippen MR) is 163 cm³/mol. The SMILES string of the molecule is CC(=O)N1CCC([C@@H]2CC[C@@H]3CN(c4nc(C(C)(C)C)ccc4C(=O)NS(=O)(=O)c4cccc(n4)N2)C(C)(C)C3)CC1. The van der Waals surface area contributed by atoms with Crippen molar-refractivity contribution in [2.24, 2.45) is 11.8 Å². The van der Waals surface area contributed by atoms with Crippen LogP contribution in [0.5, 0.6) is 0 Å². The molecule has 0 aromatic carbocycles. The number of likely N-dealkylation sites (tertiary alicyclic amines) is 1. The fourth-order valence-electron chi connectivity index (χ4n) is 6.72. The van der Waals surface area contributed by atoms with Gasteiger partial charge in [0.1, 0.15) is 11.6 Å². The van der Waals surface area contributed by atoms with Crippen LogP contribution in [0.25, 0.3) is 0 Å². The molecule has 10 nitrogen and oxygen atoms in total. The third-order valence-electron chi connectivity index (χ3n) is 9.10. The van der Waals surface area contributed by atoms with E-state index < -0.39 is 15.9 Å². The Hall–Kier alpha value is -3.21. The molecule has 4 bridgehead atoms. The summed E-state index contributed by atoms with van der Waals surface area (Å²) in [5.74, 6) is 1.05. The van der Waals surface area contributed by atoms with Crippen molar-refractivity contribution in [2.75, 3.05) is 29.9 Å². The minimum Gasteiger partial charge on any atom is -0.367 e. The third kappa shape index (κ3) is 6.26. The average molecular weight is 597 g/mol. The number of rotatable bonds is 1. The second kappa shape index (κ2) is 11.1. The maximum atomic E-state index is 13.6. The fourth-order valence-corrected chi connectivity index (χ4v) is 7.66. The molecule has 0 saturated carbocycles. The summed E-state index contributed by atoms with van der Waals surface area (Å²) >= 11 is 0. The second-order valence-corrected chi connectivity index (χ2v) is 15.4. The van der Waals surface area contributed by atoms with Gasteiger partial charge >= 0.3 is 0 Å². The first-order valence-electron chi connectivity index (χ1n) is 15.0. The normalized spacial score (nSPS) is 24.6. The number of fused-ring (bicyclic) bond motifs is 6. The van der Waals surface area contributed by atoms with E-state index in [0.717, 1.165) is 57.4 Å². The number of amides is 2. The lowest BCUT2D eigenvalue weighted by atomic mass is 9.84. The van der Waals surface area contributed by atoms with Gasteiger partial charge in [0.05, 0.1) is 5.56 Å². The Morgan fingerprint density at radius 1 is 1.02 bits per heavy atom. The largest absolute Gasteiger partial charge is 0.367 e. The van der Waals surface area contributed by atoms with E-state index in [9.17, 15) is 18.0 Å². The minimum atomic E-state index is -4.25. The van der Waals surface area contributed by atoms with E-state index in [0.29, 0.717) is 23.5 Å². The highest BCUT2D eigenvalue weighted by Gasteiger charge is 2.42. The van der Waals surface area contributed by atoms with E-state index in [1.807, 2.05) is 11.0 Å². The van der Waals surface area contributed by atoms with Gasteiger partial charge in [-0.25, -0.2) is 14.7 Å². The number of pyridine rings is 2. The monoisotopic (exact) mass is 596 g/mol. The molecule has 2 aromatic rings. The number of nitrogens with zero attached hydrogens (tertiary/aromatic N) is 4. The Morgan fingerprint density at radius 2 is 1.74 bits per heavy atom. The molecule has 0 radical (unpaired) electrons. The first kappa shape index (κ1) is 30.3. The topological polar surface area (TPSA) is 125 Å². The molecule has 0 spiro atoms. The summed E-state index contributed by atoms with van der Waals surface area (Å²) in [5, 5.41) is 3.34. The first-order chi connectivity index (χ1) is 19.6. The van der Waals surface area contributed by atoms with Gasteiger partial charge in [-0.05, 0) is 82.1 Å². The zero-order chi connectivity index (χ0) is 30.4. The Balaban J connectivity index is 1.55. The van der Waals surface area contributed by atoms with Crippen molar-refractivity contribution in [3.05, 3.63) is 41.6 Å². The molecule has 2 N–H and O–H groups in total. The molecule has 228 valence electrons. The van der Waals surface area contributed by atoms with Gasteiger partial charge in [-0.15, -0.1) is 0 Å². The number of hydrogen-bond donors (Lipinski definition) is 2. The van der Waals surface area contributed by atoms with Gasteiger partial charge in [0.25, 0.3) is 15.9 Å². The molecular formula is C31H44N6O4S. The van der Waals surface area contributed by atoms with Crippen molar-refractivity contribution in [3.63, 3.8) is 0 Å². The highest BCUT2D eigenvalue weighted by Crippen LogP contribution is 2.41. The van der Waals surface area contributed by atoms with Crippen molar-refractivity contribution in [2.45, 2.75) is 95.7 Å². The van der Waals surface area contributed by atoms with Crippen LogP contribution < -0.4 is 14.9 Å². The Bertz CT molecular complexity index is 1460. The molecule has 0 unspecified atom stereocenters. The fraction of sp³-hybridized carbons (Fsp3) is 0.613. The summed E-state index contributed by atoms with van der Waals surface area (Å²) in [6, 6.07) is 8.39. The quantitative estimate of drug-likeness (QED) is 0.499. The van der Waals surface area contributed by atoms with E-state index in [2.05, 4.69) is 54.5 Å². The standard InChI is InChI=1S/C31H44N6O4S/c1-20(38)36-16-14-22(15-17-36)24-12-10-21-18-31(5,6)37(19-21)28-23(11-13-25(33-28)30(2,3)4)29(39)35-42(40,41)27-9-7-8-26(32-24)34-27/h7-9,11,13,21-22,24H,10,12,14-19H2,1-6H3,(H,32,34)(H,35,39)/t21-,24-/m0/s1. The number of carbonyl (C=O) groups excluding carboxylic acids is 2. The molecule has 0 aliphatic carbocycles. The van der Waals surface area contributed by atoms with Crippen molar-refractivity contribution < 1.29 is 18.0 Å². The van der Waals surface area contributed by atoms with Gasteiger partial charge in [-0.2, -0.15) is 8.42 Å². The zero-order valence-corrected chi connectivity index (χ0v) is 26.4. The van der Waals surface area contributed by atoms with Gasteiger partial charge in [0, 0.05) is 49.2 Å². The summed E-state index contributed by atoms with van der Waals surface area (Å²) in [5.41, 5.74) is 0.545. The van der Waals surface area contributed by atoms with Crippen LogP contribution in [0.1, 0.15) is 89.7 Å². The van der Waals surface area contributed by atoms with E-state index >= 15 is 0 Å². The van der Waals surface area contributed by atoms with E-state index in [-0.39, 0.29) is 33.5 Å². The second-order valence-electron chi connectivity index (χ2n) is 13.8. The van der Waals surface area contributed by atoms with E-state index in [1.54, 1.807) is 25.1 Å². The predicted octanol–water partition coefficient (Wildman–Crippen LogP) is 4.33. The molecular weight excluding hydrogens is 552 g/mol. The van der Waals surface area contributed by atoms with Crippen LogP contribution in [0.4, 0.5) is 11.6 Å². The molecule has 2 aromatic heterocycles. The van der Waals surface area contributed by atoms with Crippen LogP contribution in [0, 0.1) is 11.8 Å². The lowest BCUT2D eigenvalue weighted by Crippen LogP contribution is -2.42. The molecule has 5 heterocycles. The Labute approximate surface area is 249 Å². The highest BCUT2D eigenvalue weighted by atomic mass is 32.2. The maximum Gasteiger partial charge on any atom is 0.281 e. The summed E-state index contributed by atoms with van der Waals surface area (Å²) in [6.07, 6.45) is 4.53. The molecule has 11 heteroatoms. The van der Waals surface area contributed by atoms with Crippen molar-refractivity contribution in [1.29, 1.82) is 0 Å². The smallest absolute Gasteiger partial charge is 0.281 e. The summed E-state index contributed by atoms with van der Waals surface area (Å²) in [6.45, 7) is 14.3. The molecule has 2 saturated heterocycles. The zero-order valence-electron chi connectivity index (χ0n) is 25.6. The summed E-state index contributed by atoms with van der Waals surface area (Å²) in [7, 11) is -4.25. The lowest BCUT2D eigenvalue weighted by Gasteiger charge is -2.36. The van der Waals surface area contributed by atoms with E-state index in [1.165, 1.54) is 6.07 Å². The highest BCUT2D eigenvalue weighted by molar-refractivity contribution is 7.90. The molecule has 5 rings (SSSR count). The van der Waals surface area contributed by atoms with Crippen molar-refractivity contribution >= 4 is 33.5 Å². The third-order valence-corrected chi connectivity index (χ3v) is 10.3. The van der Waals surface area contributed by atoms with Crippen LogP contribution >= 0.6 is 0 Å². The van der Waals surface area contributed by atoms with Crippen LogP contribution in [0.2, 0.25) is 0 Å². The first-order valence-corrected chi connectivity index (χ1v) is 16.5. The molecule has 3 aliphatic rings. The maximum absolute atomic E-state index is 13.6.